The maximum Gasteiger partial charge on any atom is 0.240 e. The van der Waals surface area contributed by atoms with Crippen LogP contribution < -0.4 is 5.32 Å². The number of piperazine rings is 1. The lowest BCUT2D eigenvalue weighted by Crippen LogP contribution is -2.63. The Hall–Kier alpha value is -2.07. The van der Waals surface area contributed by atoms with Crippen LogP contribution in [-0.2, 0) is 11.3 Å². The SMILES string of the molecule is Cc1ccc(-c2ccccc2CN2CCNC(=O)C23CCCC3)o1. The first kappa shape index (κ1) is 15.5. The fraction of sp³-hybridized carbons (Fsp3) is 0.450. The molecule has 1 aromatic carbocycles. The number of carbonyl (C=O) groups is 1. The zero-order valence-corrected chi connectivity index (χ0v) is 14.2. The minimum atomic E-state index is -0.301. The lowest BCUT2D eigenvalue weighted by molar-refractivity contribution is -0.137. The number of rotatable bonds is 3. The van der Waals surface area contributed by atoms with Gasteiger partial charge in [0, 0.05) is 25.2 Å². The summed E-state index contributed by atoms with van der Waals surface area (Å²) in [5.74, 6) is 2.05. The normalized spacial score (nSPS) is 20.5. The van der Waals surface area contributed by atoms with Crippen LogP contribution in [0.1, 0.15) is 37.0 Å². The fourth-order valence-corrected chi connectivity index (χ4v) is 4.24. The number of nitrogens with one attached hydrogen (secondary N) is 1. The quantitative estimate of drug-likeness (QED) is 0.940. The Morgan fingerprint density at radius 3 is 2.71 bits per heavy atom. The van der Waals surface area contributed by atoms with Gasteiger partial charge in [-0.1, -0.05) is 37.1 Å². The van der Waals surface area contributed by atoms with E-state index in [1.165, 1.54) is 5.56 Å². The molecule has 1 aliphatic carbocycles. The van der Waals surface area contributed by atoms with Crippen LogP contribution in [0, 0.1) is 6.92 Å². The highest BCUT2D eigenvalue weighted by molar-refractivity contribution is 5.87. The Morgan fingerprint density at radius 2 is 1.96 bits per heavy atom. The molecule has 4 heteroatoms. The topological polar surface area (TPSA) is 45.5 Å². The summed E-state index contributed by atoms with van der Waals surface area (Å²) >= 11 is 0. The molecule has 1 saturated carbocycles. The van der Waals surface area contributed by atoms with Crippen LogP contribution in [0.5, 0.6) is 0 Å². The lowest BCUT2D eigenvalue weighted by atomic mass is 9.90. The second kappa shape index (κ2) is 6.10. The molecule has 2 aliphatic rings. The number of amides is 1. The van der Waals surface area contributed by atoms with Gasteiger partial charge in [0.1, 0.15) is 17.1 Å². The Balaban J connectivity index is 1.66. The average molecular weight is 324 g/mol. The predicted molar refractivity (Wildman–Crippen MR) is 93.5 cm³/mol. The van der Waals surface area contributed by atoms with Crippen molar-refractivity contribution < 1.29 is 9.21 Å². The number of hydrogen-bond acceptors (Lipinski definition) is 3. The third-order valence-electron chi connectivity index (χ3n) is 5.51. The second-order valence-electron chi connectivity index (χ2n) is 6.98. The van der Waals surface area contributed by atoms with E-state index in [0.717, 1.165) is 62.4 Å². The first-order chi connectivity index (χ1) is 11.7. The Labute approximate surface area is 142 Å². The summed E-state index contributed by atoms with van der Waals surface area (Å²) < 4.78 is 5.84. The van der Waals surface area contributed by atoms with Crippen molar-refractivity contribution in [2.24, 2.45) is 0 Å². The van der Waals surface area contributed by atoms with E-state index in [1.54, 1.807) is 0 Å². The van der Waals surface area contributed by atoms with Gasteiger partial charge in [0.05, 0.1) is 0 Å². The largest absolute Gasteiger partial charge is 0.461 e. The zero-order valence-electron chi connectivity index (χ0n) is 14.2. The van der Waals surface area contributed by atoms with E-state index in [9.17, 15) is 4.79 Å². The van der Waals surface area contributed by atoms with Crippen molar-refractivity contribution in [3.63, 3.8) is 0 Å². The molecule has 1 amide bonds. The molecule has 2 aromatic rings. The number of carbonyl (C=O) groups excluding carboxylic acids is 1. The van der Waals surface area contributed by atoms with Gasteiger partial charge in [-0.15, -0.1) is 0 Å². The van der Waals surface area contributed by atoms with Crippen LogP contribution in [0.15, 0.2) is 40.8 Å². The highest BCUT2D eigenvalue weighted by Gasteiger charge is 2.47. The van der Waals surface area contributed by atoms with Gasteiger partial charge >= 0.3 is 0 Å². The summed E-state index contributed by atoms with van der Waals surface area (Å²) in [6.45, 7) is 4.41. The lowest BCUT2D eigenvalue weighted by Gasteiger charge is -2.44. The smallest absolute Gasteiger partial charge is 0.240 e. The van der Waals surface area contributed by atoms with E-state index in [-0.39, 0.29) is 11.4 Å². The first-order valence-corrected chi connectivity index (χ1v) is 8.87. The van der Waals surface area contributed by atoms with E-state index >= 15 is 0 Å². The molecule has 0 radical (unpaired) electrons. The Kier molecular flexibility index (Phi) is 3.93. The molecule has 4 rings (SSSR count). The highest BCUT2D eigenvalue weighted by atomic mass is 16.3. The molecule has 2 fully saturated rings. The summed E-state index contributed by atoms with van der Waals surface area (Å²) in [6, 6.07) is 12.4. The van der Waals surface area contributed by atoms with Crippen molar-refractivity contribution in [2.75, 3.05) is 13.1 Å². The van der Waals surface area contributed by atoms with Gasteiger partial charge in [0.2, 0.25) is 5.91 Å². The number of aryl methyl sites for hydroxylation is 1. The number of benzene rings is 1. The van der Waals surface area contributed by atoms with Crippen molar-refractivity contribution in [1.29, 1.82) is 0 Å². The molecule has 4 nitrogen and oxygen atoms in total. The first-order valence-electron chi connectivity index (χ1n) is 8.87. The van der Waals surface area contributed by atoms with Gasteiger partial charge in [-0.05, 0) is 37.5 Å². The van der Waals surface area contributed by atoms with Crippen LogP contribution in [0.2, 0.25) is 0 Å². The molecule has 0 bridgehead atoms. The van der Waals surface area contributed by atoms with Gasteiger partial charge in [-0.25, -0.2) is 0 Å². The van der Waals surface area contributed by atoms with Crippen LogP contribution in [0.25, 0.3) is 11.3 Å². The molecular formula is C20H24N2O2. The van der Waals surface area contributed by atoms with Gasteiger partial charge in [-0.2, -0.15) is 0 Å². The van der Waals surface area contributed by atoms with Crippen molar-refractivity contribution in [2.45, 2.75) is 44.7 Å². The van der Waals surface area contributed by atoms with Gasteiger partial charge in [0.15, 0.2) is 0 Å². The maximum atomic E-state index is 12.6. The van der Waals surface area contributed by atoms with Gasteiger partial charge in [0.25, 0.3) is 0 Å². The average Bonchev–Trinajstić information content (AvgIpc) is 3.23. The van der Waals surface area contributed by atoms with E-state index in [2.05, 4.69) is 28.4 Å². The van der Waals surface area contributed by atoms with E-state index in [4.69, 9.17) is 4.42 Å². The van der Waals surface area contributed by atoms with E-state index < -0.39 is 0 Å². The molecule has 0 atom stereocenters. The molecule has 126 valence electrons. The molecule has 2 heterocycles. The summed E-state index contributed by atoms with van der Waals surface area (Å²) in [7, 11) is 0. The third-order valence-corrected chi connectivity index (χ3v) is 5.51. The van der Waals surface area contributed by atoms with Crippen molar-refractivity contribution in [1.82, 2.24) is 10.2 Å². The van der Waals surface area contributed by atoms with Crippen LogP contribution in [0.4, 0.5) is 0 Å². The molecule has 24 heavy (non-hydrogen) atoms. The molecule has 0 unspecified atom stereocenters. The molecule has 1 aromatic heterocycles. The standard InChI is InChI=1S/C20H24N2O2/c1-15-8-9-18(24-15)17-7-3-2-6-16(17)14-22-13-12-21-19(23)20(22)10-4-5-11-20/h2-3,6-9H,4-5,10-14H2,1H3,(H,21,23). The second-order valence-corrected chi connectivity index (χ2v) is 6.98. The molecular weight excluding hydrogens is 300 g/mol. The van der Waals surface area contributed by atoms with Crippen molar-refractivity contribution >= 4 is 5.91 Å². The third kappa shape index (κ3) is 2.55. The number of furan rings is 1. The van der Waals surface area contributed by atoms with Gasteiger partial charge in [-0.3, -0.25) is 9.69 Å². The van der Waals surface area contributed by atoms with Crippen LogP contribution in [0.3, 0.4) is 0 Å². The summed E-state index contributed by atoms with van der Waals surface area (Å²) in [4.78, 5) is 15.0. The molecule has 1 aliphatic heterocycles. The summed E-state index contributed by atoms with van der Waals surface area (Å²) in [5, 5.41) is 3.08. The fourth-order valence-electron chi connectivity index (χ4n) is 4.24. The number of nitrogens with zero attached hydrogens (tertiary/aromatic N) is 1. The molecule has 1 N–H and O–H groups in total. The van der Waals surface area contributed by atoms with Crippen molar-refractivity contribution in [3.05, 3.63) is 47.7 Å². The van der Waals surface area contributed by atoms with Crippen molar-refractivity contribution in [3.8, 4) is 11.3 Å². The zero-order chi connectivity index (χ0) is 16.6. The highest BCUT2D eigenvalue weighted by Crippen LogP contribution is 2.38. The maximum absolute atomic E-state index is 12.6. The monoisotopic (exact) mass is 324 g/mol. The Bertz CT molecular complexity index is 744. The van der Waals surface area contributed by atoms with Crippen LogP contribution in [-0.4, -0.2) is 29.4 Å². The van der Waals surface area contributed by atoms with Gasteiger partial charge < -0.3 is 9.73 Å². The summed E-state index contributed by atoms with van der Waals surface area (Å²) in [6.07, 6.45) is 4.23. The molecule has 1 spiro atoms. The van der Waals surface area contributed by atoms with E-state index in [0.29, 0.717) is 0 Å². The minimum absolute atomic E-state index is 0.220. The predicted octanol–water partition coefficient (Wildman–Crippen LogP) is 3.50. The molecule has 1 saturated heterocycles. The summed E-state index contributed by atoms with van der Waals surface area (Å²) in [5.41, 5.74) is 2.06. The van der Waals surface area contributed by atoms with E-state index in [1.807, 2.05) is 25.1 Å². The number of hydrogen-bond donors (Lipinski definition) is 1. The Morgan fingerprint density at radius 1 is 1.17 bits per heavy atom. The minimum Gasteiger partial charge on any atom is -0.461 e. The van der Waals surface area contributed by atoms with Crippen LogP contribution >= 0.6 is 0 Å².